The van der Waals surface area contributed by atoms with Crippen LogP contribution >= 0.6 is 27.5 Å². The zero-order chi connectivity index (χ0) is 10.0. The maximum absolute atomic E-state index is 12.2. The van der Waals surface area contributed by atoms with Crippen LogP contribution in [-0.4, -0.2) is 4.98 Å². The summed E-state index contributed by atoms with van der Waals surface area (Å²) in [7, 11) is 0. The van der Waals surface area contributed by atoms with E-state index in [-0.39, 0.29) is 15.3 Å². The number of nitrogens with zero attached hydrogens (tertiary/aromatic N) is 2. The van der Waals surface area contributed by atoms with Crippen molar-refractivity contribution in [3.8, 4) is 6.07 Å². The van der Waals surface area contributed by atoms with Crippen molar-refractivity contribution >= 4 is 27.5 Å². The van der Waals surface area contributed by atoms with Gasteiger partial charge in [0.05, 0.1) is 11.1 Å². The number of aromatic nitrogens is 1. The van der Waals surface area contributed by atoms with Crippen molar-refractivity contribution in [1.82, 2.24) is 4.98 Å². The van der Waals surface area contributed by atoms with Crippen LogP contribution in [0.25, 0.3) is 0 Å². The van der Waals surface area contributed by atoms with Gasteiger partial charge < -0.3 is 0 Å². The second kappa shape index (κ2) is 3.99. The molecule has 68 valence electrons. The molecule has 0 unspecified atom stereocenters. The molecule has 1 aromatic heterocycles. The summed E-state index contributed by atoms with van der Waals surface area (Å²) in [4.78, 5) is 3.55. The molecule has 0 aromatic carbocycles. The van der Waals surface area contributed by atoms with E-state index in [1.165, 1.54) is 0 Å². The number of nitriles is 1. The quantitative estimate of drug-likeness (QED) is 0.732. The number of hydrogen-bond donors (Lipinski definition) is 0. The van der Waals surface area contributed by atoms with Crippen LogP contribution in [-0.2, 0) is 0 Å². The first kappa shape index (κ1) is 10.4. The van der Waals surface area contributed by atoms with Gasteiger partial charge in [-0.3, -0.25) is 0 Å². The lowest BCUT2D eigenvalue weighted by Gasteiger charge is -2.03. The Morgan fingerprint density at radius 3 is 2.69 bits per heavy atom. The predicted molar refractivity (Wildman–Crippen MR) is 46.6 cm³/mol. The SMILES string of the molecule is N#Cc1cc(C(F)F)c(Cl)nc1Br. The third-order valence-electron chi connectivity index (χ3n) is 1.31. The molecule has 0 amide bonds. The molecule has 0 bridgehead atoms. The minimum absolute atomic E-state index is 0.0414. The third-order valence-corrected chi connectivity index (χ3v) is 2.22. The van der Waals surface area contributed by atoms with Crippen LogP contribution in [0.2, 0.25) is 5.15 Å². The van der Waals surface area contributed by atoms with Crippen molar-refractivity contribution in [3.05, 3.63) is 26.9 Å². The first-order valence-electron chi connectivity index (χ1n) is 3.10. The average Bonchev–Trinajstić information content (AvgIpc) is 2.03. The van der Waals surface area contributed by atoms with Crippen molar-refractivity contribution in [2.75, 3.05) is 0 Å². The van der Waals surface area contributed by atoms with Gasteiger partial charge in [-0.25, -0.2) is 13.8 Å². The molecule has 0 aliphatic carbocycles. The summed E-state index contributed by atoms with van der Waals surface area (Å²) in [5, 5.41) is 8.22. The van der Waals surface area contributed by atoms with Crippen LogP contribution in [0.4, 0.5) is 8.78 Å². The van der Waals surface area contributed by atoms with E-state index in [0.29, 0.717) is 0 Å². The largest absolute Gasteiger partial charge is 0.266 e. The smallest absolute Gasteiger partial charge is 0.227 e. The summed E-state index contributed by atoms with van der Waals surface area (Å²) in [6.45, 7) is 0. The zero-order valence-corrected chi connectivity index (χ0v) is 8.40. The maximum Gasteiger partial charge on any atom is 0.266 e. The van der Waals surface area contributed by atoms with Gasteiger partial charge in [0, 0.05) is 0 Å². The number of halogens is 4. The molecule has 0 N–H and O–H groups in total. The van der Waals surface area contributed by atoms with Crippen molar-refractivity contribution < 1.29 is 8.78 Å². The van der Waals surface area contributed by atoms with Gasteiger partial charge in [-0.2, -0.15) is 5.26 Å². The van der Waals surface area contributed by atoms with E-state index < -0.39 is 12.0 Å². The van der Waals surface area contributed by atoms with E-state index in [0.717, 1.165) is 6.07 Å². The molecule has 0 atom stereocenters. The van der Waals surface area contributed by atoms with E-state index in [9.17, 15) is 8.78 Å². The molecule has 0 fully saturated rings. The van der Waals surface area contributed by atoms with Gasteiger partial charge in [-0.1, -0.05) is 11.6 Å². The van der Waals surface area contributed by atoms with Crippen LogP contribution < -0.4 is 0 Å². The average molecular weight is 267 g/mol. The fraction of sp³-hybridized carbons (Fsp3) is 0.143. The topological polar surface area (TPSA) is 36.7 Å². The van der Waals surface area contributed by atoms with Gasteiger partial charge in [0.25, 0.3) is 6.43 Å². The van der Waals surface area contributed by atoms with E-state index in [1.807, 2.05) is 0 Å². The number of alkyl halides is 2. The summed E-state index contributed by atoms with van der Waals surface area (Å²) >= 11 is 8.35. The summed E-state index contributed by atoms with van der Waals surface area (Å²) < 4.78 is 24.6. The summed E-state index contributed by atoms with van der Waals surface area (Å²) in [6.07, 6.45) is -2.72. The second-order valence-corrected chi connectivity index (χ2v) is 3.23. The Labute approximate surface area is 86.3 Å². The van der Waals surface area contributed by atoms with Gasteiger partial charge in [-0.15, -0.1) is 0 Å². The highest BCUT2D eigenvalue weighted by atomic mass is 79.9. The molecule has 13 heavy (non-hydrogen) atoms. The fourth-order valence-corrected chi connectivity index (χ4v) is 1.42. The Balaban J connectivity index is 3.33. The summed E-state index contributed by atoms with van der Waals surface area (Å²) in [6, 6.07) is 2.73. The molecule has 0 radical (unpaired) electrons. The Morgan fingerprint density at radius 1 is 1.62 bits per heavy atom. The third kappa shape index (κ3) is 2.14. The molecule has 1 heterocycles. The molecule has 6 heteroatoms. The van der Waals surface area contributed by atoms with Gasteiger partial charge in [0.1, 0.15) is 15.8 Å². The Hall–Kier alpha value is -0.730. The molecule has 1 aromatic rings. The van der Waals surface area contributed by atoms with Crippen LogP contribution in [0.15, 0.2) is 10.7 Å². The van der Waals surface area contributed by atoms with Gasteiger partial charge in [-0.05, 0) is 22.0 Å². The predicted octanol–water partition coefficient (Wildman–Crippen LogP) is 3.31. The monoisotopic (exact) mass is 266 g/mol. The fourth-order valence-electron chi connectivity index (χ4n) is 0.717. The lowest BCUT2D eigenvalue weighted by atomic mass is 10.2. The number of pyridine rings is 1. The van der Waals surface area contributed by atoms with E-state index in [4.69, 9.17) is 16.9 Å². The molecule has 0 saturated heterocycles. The molecule has 0 spiro atoms. The zero-order valence-electron chi connectivity index (χ0n) is 6.06. The first-order valence-corrected chi connectivity index (χ1v) is 4.27. The van der Waals surface area contributed by atoms with Crippen LogP contribution in [0.1, 0.15) is 17.6 Å². The van der Waals surface area contributed by atoms with Crippen molar-refractivity contribution in [2.45, 2.75) is 6.43 Å². The van der Waals surface area contributed by atoms with E-state index in [2.05, 4.69) is 20.9 Å². The van der Waals surface area contributed by atoms with Gasteiger partial charge >= 0.3 is 0 Å². The highest BCUT2D eigenvalue weighted by Gasteiger charge is 2.15. The Kier molecular flexibility index (Phi) is 3.17. The van der Waals surface area contributed by atoms with Crippen LogP contribution in [0, 0.1) is 11.3 Å². The summed E-state index contributed by atoms with van der Waals surface area (Å²) in [5.41, 5.74) is -0.388. The van der Waals surface area contributed by atoms with Crippen molar-refractivity contribution in [2.24, 2.45) is 0 Å². The van der Waals surface area contributed by atoms with E-state index in [1.54, 1.807) is 6.07 Å². The molecular weight excluding hydrogens is 265 g/mol. The molecule has 0 aliphatic rings. The van der Waals surface area contributed by atoms with Crippen molar-refractivity contribution in [3.63, 3.8) is 0 Å². The minimum Gasteiger partial charge on any atom is -0.227 e. The molecular formula is C7H2BrClF2N2. The second-order valence-electron chi connectivity index (χ2n) is 2.12. The van der Waals surface area contributed by atoms with Gasteiger partial charge in [0.15, 0.2) is 0 Å². The molecule has 2 nitrogen and oxygen atoms in total. The Morgan fingerprint density at radius 2 is 2.23 bits per heavy atom. The van der Waals surface area contributed by atoms with Crippen molar-refractivity contribution in [1.29, 1.82) is 5.26 Å². The molecule has 0 saturated carbocycles. The van der Waals surface area contributed by atoms with Gasteiger partial charge in [0.2, 0.25) is 0 Å². The van der Waals surface area contributed by atoms with Crippen LogP contribution in [0.3, 0.4) is 0 Å². The lowest BCUT2D eigenvalue weighted by molar-refractivity contribution is 0.151. The lowest BCUT2D eigenvalue weighted by Crippen LogP contribution is -1.93. The maximum atomic E-state index is 12.2. The first-order chi connectivity index (χ1) is 6.06. The highest BCUT2D eigenvalue weighted by Crippen LogP contribution is 2.28. The molecule has 0 aliphatic heterocycles. The summed E-state index contributed by atoms with van der Waals surface area (Å²) in [5.74, 6) is 0. The highest BCUT2D eigenvalue weighted by molar-refractivity contribution is 9.10. The number of rotatable bonds is 1. The minimum atomic E-state index is -2.72. The van der Waals surface area contributed by atoms with Crippen LogP contribution in [0.5, 0.6) is 0 Å². The standard InChI is InChI=1S/C7H2BrClF2N2/c8-5-3(2-12)1-4(7(10)11)6(9)13-5/h1,7H. The molecule has 1 rings (SSSR count). The normalized spacial score (nSPS) is 10.2. The number of hydrogen-bond acceptors (Lipinski definition) is 2. The van der Waals surface area contributed by atoms with E-state index >= 15 is 0 Å². The Bertz CT molecular complexity index is 375.